The molecule has 17 heteroatoms. The molecule has 0 bridgehead atoms. The first-order valence-corrected chi connectivity index (χ1v) is 24.0. The van der Waals surface area contributed by atoms with Gasteiger partial charge in [0, 0.05) is 33.3 Å². The molecule has 2 aromatic rings. The van der Waals surface area contributed by atoms with E-state index in [4.69, 9.17) is 24.5 Å². The molecule has 2 saturated heterocycles. The van der Waals surface area contributed by atoms with Crippen LogP contribution in [-0.2, 0) is 29.6 Å². The fourth-order valence-electron chi connectivity index (χ4n) is 9.98. The molecule has 4 aliphatic rings. The highest BCUT2D eigenvalue weighted by atomic mass is 32.2. The molecule has 0 radical (unpaired) electrons. The zero-order chi connectivity index (χ0) is 43.2. The summed E-state index contributed by atoms with van der Waals surface area (Å²) in [7, 11) is 1.72. The van der Waals surface area contributed by atoms with Crippen molar-refractivity contribution in [1.29, 1.82) is 0 Å². The molecule has 1 aromatic carbocycles. The van der Waals surface area contributed by atoms with Crippen LogP contribution in [0.5, 0.6) is 0 Å². The number of benzene rings is 1. The van der Waals surface area contributed by atoms with Crippen molar-refractivity contribution in [3.05, 3.63) is 29.3 Å². The zero-order valence-electron chi connectivity index (χ0n) is 36.7. The van der Waals surface area contributed by atoms with Gasteiger partial charge in [-0.05, 0) is 95.1 Å². The molecule has 10 atom stereocenters. The minimum atomic E-state index is -1.65. The number of amides is 2. The zero-order valence-corrected chi connectivity index (χ0v) is 38.3. The summed E-state index contributed by atoms with van der Waals surface area (Å²) in [6.07, 6.45) is 8.48. The van der Waals surface area contributed by atoms with Crippen LogP contribution in [0.4, 0.5) is 4.79 Å². The normalized spacial score (nSPS) is 30.0. The number of nitrogens with zero attached hydrogens (tertiary/aromatic N) is 4. The van der Waals surface area contributed by atoms with Gasteiger partial charge in [-0.3, -0.25) is 9.79 Å². The number of hydrazine groups is 1. The number of guanidine groups is 1. The number of hydroxylamine groups is 1. The number of ether oxygens (including phenoxy) is 2. The van der Waals surface area contributed by atoms with Crippen LogP contribution in [0, 0.1) is 23.7 Å². The van der Waals surface area contributed by atoms with E-state index in [0.717, 1.165) is 55.4 Å². The van der Waals surface area contributed by atoms with E-state index in [9.17, 15) is 18.9 Å². The number of nitrogens with one attached hydrogen (secondary N) is 3. The van der Waals surface area contributed by atoms with Crippen molar-refractivity contribution in [2.24, 2.45) is 34.4 Å². The largest absolute Gasteiger partial charge is 0.444 e. The Morgan fingerprint density at radius 2 is 1.87 bits per heavy atom. The van der Waals surface area contributed by atoms with Crippen molar-refractivity contribution in [2.75, 3.05) is 33.3 Å². The molecule has 8 unspecified atom stereocenters. The van der Waals surface area contributed by atoms with Crippen molar-refractivity contribution in [2.45, 2.75) is 153 Å². The Labute approximate surface area is 362 Å². The number of hydrogen-bond donors (Lipinski definition) is 5. The molecule has 3 heterocycles. The summed E-state index contributed by atoms with van der Waals surface area (Å²) in [5, 5.41) is 23.1. The van der Waals surface area contributed by atoms with Crippen LogP contribution in [0.3, 0.4) is 0 Å². The first-order valence-electron chi connectivity index (χ1n) is 22.1. The predicted octanol–water partition coefficient (Wildman–Crippen LogP) is 5.72. The summed E-state index contributed by atoms with van der Waals surface area (Å²) in [4.78, 5) is 36.9. The third-order valence-corrected chi connectivity index (χ3v) is 15.9. The maximum atomic E-state index is 14.4. The number of nitrogens with two attached hydrogens (primary N) is 1. The summed E-state index contributed by atoms with van der Waals surface area (Å²) in [6.45, 7) is 14.1. The van der Waals surface area contributed by atoms with Gasteiger partial charge < -0.3 is 30.9 Å². The molecule has 60 heavy (non-hydrogen) atoms. The van der Waals surface area contributed by atoms with Crippen molar-refractivity contribution >= 4 is 50.6 Å². The predicted molar refractivity (Wildman–Crippen MR) is 236 cm³/mol. The van der Waals surface area contributed by atoms with Gasteiger partial charge in [0.1, 0.15) is 22.8 Å². The third-order valence-electron chi connectivity index (χ3n) is 13.2. The fourth-order valence-corrected chi connectivity index (χ4v) is 12.4. The quantitative estimate of drug-likeness (QED) is 0.0634. The van der Waals surface area contributed by atoms with Gasteiger partial charge in [-0.25, -0.2) is 29.5 Å². The number of carbonyl (C=O) groups is 2. The smallest absolute Gasteiger partial charge is 0.408 e. The molecule has 336 valence electrons. The van der Waals surface area contributed by atoms with E-state index in [-0.39, 0.29) is 47.5 Å². The highest BCUT2D eigenvalue weighted by Crippen LogP contribution is 2.40. The van der Waals surface area contributed by atoms with Crippen LogP contribution < -0.4 is 21.8 Å². The summed E-state index contributed by atoms with van der Waals surface area (Å²) >= 11 is -0.237. The van der Waals surface area contributed by atoms with Crippen LogP contribution in [0.15, 0.2) is 29.3 Å². The van der Waals surface area contributed by atoms with E-state index in [0.29, 0.717) is 36.7 Å². The Kier molecular flexibility index (Phi) is 15.9. The Morgan fingerprint density at radius 1 is 1.12 bits per heavy atom. The molecule has 15 nitrogen and oxygen atoms in total. The average Bonchev–Trinajstić information content (AvgIpc) is 3.83. The van der Waals surface area contributed by atoms with E-state index in [1.807, 2.05) is 45.0 Å². The van der Waals surface area contributed by atoms with Gasteiger partial charge in [0.15, 0.2) is 11.1 Å². The van der Waals surface area contributed by atoms with Gasteiger partial charge in [-0.1, -0.05) is 65.0 Å². The Bertz CT molecular complexity index is 1770. The molecule has 1 aromatic heterocycles. The van der Waals surface area contributed by atoms with Gasteiger partial charge in [-0.15, -0.1) is 11.3 Å². The van der Waals surface area contributed by atoms with Crippen molar-refractivity contribution in [1.82, 2.24) is 31.1 Å². The number of aromatic nitrogens is 1. The highest BCUT2D eigenvalue weighted by Gasteiger charge is 2.49. The van der Waals surface area contributed by atoms with Crippen molar-refractivity contribution in [3.63, 3.8) is 0 Å². The molecular formula is C43H70N8O7S2. The van der Waals surface area contributed by atoms with E-state index in [1.165, 1.54) is 30.6 Å². The van der Waals surface area contributed by atoms with Crippen LogP contribution in [-0.4, -0.2) is 110 Å². The molecule has 4 fully saturated rings. The number of hydrogen-bond acceptors (Lipinski definition) is 12. The summed E-state index contributed by atoms with van der Waals surface area (Å²) in [6, 6.07) is 6.60. The monoisotopic (exact) mass is 874 g/mol. The molecule has 2 aliphatic heterocycles. The summed E-state index contributed by atoms with van der Waals surface area (Å²) < 4.78 is 31.2. The van der Waals surface area contributed by atoms with E-state index >= 15 is 0 Å². The van der Waals surface area contributed by atoms with Gasteiger partial charge in [0.2, 0.25) is 11.9 Å². The molecule has 0 spiro atoms. The maximum absolute atomic E-state index is 14.4. The highest BCUT2D eigenvalue weighted by molar-refractivity contribution is 7.80. The standard InChI is InChI=1S/C43H70N8O7S2/c1-27-24-34(56-7)28(2)29(3)37(27)60(55)58-49-40(44)45-21-13-17-32(36(52)39-47-31-16-11-12-18-35(31)59-39)46-38(53)33-19-22-50-23-20-43(26-51(33)50,25-30-14-9-8-10-15-30)48-41(54)57-42(4,5)6/h11-12,16,18,27-30,32-34,36-37,52H,8-10,13-15,17,19-26H2,1-7H3,(H,46,53)(H,48,54)(H3,44,45,49)/t27?,28?,29?,32?,33-,34?,36?,37?,43+,60?/m0/s1. The Balaban J connectivity index is 1.12. The Hall–Kier alpha value is -2.93. The average molecular weight is 875 g/mol. The van der Waals surface area contributed by atoms with Gasteiger partial charge in [0.05, 0.1) is 33.2 Å². The lowest BCUT2D eigenvalue weighted by molar-refractivity contribution is -0.136. The molecule has 6 N–H and O–H groups in total. The number of thiazole rings is 1. The van der Waals surface area contributed by atoms with Gasteiger partial charge in [0.25, 0.3) is 0 Å². The number of fused-ring (bicyclic) bond motifs is 2. The molecule has 2 aliphatic carbocycles. The summed E-state index contributed by atoms with van der Waals surface area (Å²) in [5.41, 5.74) is 8.37. The number of alkyl carbamates (subject to hydrolysis) is 1. The van der Waals surface area contributed by atoms with E-state index < -0.39 is 46.5 Å². The number of methoxy groups -OCH3 is 1. The van der Waals surface area contributed by atoms with Crippen molar-refractivity contribution in [3.8, 4) is 0 Å². The number of aliphatic hydroxyl groups is 1. The number of para-hydroxylation sites is 1. The SMILES string of the molecule is COC1CC(C)C(S(=O)ONC(N)=NCCCC(NC(=O)[C@@H]2CCN3CC[C@](CC4CCCCC4)(NC(=O)OC(C)(C)C)CN23)C(O)c2nc3ccccc3s2)C(C)C1C. The second-order valence-corrected chi connectivity index (χ2v) is 21.1. The maximum Gasteiger partial charge on any atom is 0.408 e. The lowest BCUT2D eigenvalue weighted by atomic mass is 9.74. The van der Waals surface area contributed by atoms with E-state index in [1.54, 1.807) is 7.11 Å². The molecule has 2 saturated carbocycles. The first kappa shape index (κ1) is 46.6. The fraction of sp³-hybridized carbons (Fsp3) is 0.767. The van der Waals surface area contributed by atoms with Crippen LogP contribution in [0.25, 0.3) is 10.2 Å². The van der Waals surface area contributed by atoms with Gasteiger partial charge >= 0.3 is 6.09 Å². The van der Waals surface area contributed by atoms with Crippen LogP contribution in [0.2, 0.25) is 0 Å². The number of carbonyl (C=O) groups excluding carboxylic acids is 2. The lowest BCUT2D eigenvalue weighted by Crippen LogP contribution is -2.66. The topological polar surface area (TPSA) is 193 Å². The number of aliphatic imine (C=N–C) groups is 1. The second kappa shape index (κ2) is 20.5. The summed E-state index contributed by atoms with van der Waals surface area (Å²) in [5.74, 6) is 0.815. The van der Waals surface area contributed by atoms with Crippen LogP contribution >= 0.6 is 11.3 Å². The molecule has 6 rings (SSSR count). The van der Waals surface area contributed by atoms with E-state index in [2.05, 4.69) is 51.9 Å². The lowest BCUT2D eigenvalue weighted by Gasteiger charge is -2.49. The Morgan fingerprint density at radius 3 is 2.58 bits per heavy atom. The van der Waals surface area contributed by atoms with Gasteiger partial charge in [-0.2, -0.15) is 4.28 Å². The minimum Gasteiger partial charge on any atom is -0.444 e. The number of aliphatic hydroxyl groups excluding tert-OH is 1. The first-order chi connectivity index (χ1) is 28.6. The second-order valence-electron chi connectivity index (χ2n) is 18.8. The molecule has 2 amide bonds. The minimum absolute atomic E-state index is 0.00226. The van der Waals surface area contributed by atoms with Crippen LogP contribution in [0.1, 0.15) is 123 Å². The third kappa shape index (κ3) is 11.7. The number of rotatable bonds is 15. The van der Waals surface area contributed by atoms with Crippen molar-refractivity contribution < 1.29 is 32.7 Å². The molecular weight excluding hydrogens is 805 g/mol.